The van der Waals surface area contributed by atoms with Gasteiger partial charge in [-0.05, 0) is 42.7 Å². The first kappa shape index (κ1) is 19.6. The molecule has 0 radical (unpaired) electrons. The van der Waals surface area contributed by atoms with Gasteiger partial charge in [-0.3, -0.25) is 9.69 Å². The molecule has 0 aromatic heterocycles. The van der Waals surface area contributed by atoms with Gasteiger partial charge in [-0.25, -0.2) is 8.42 Å². The van der Waals surface area contributed by atoms with Gasteiger partial charge in [-0.1, -0.05) is 29.8 Å². The van der Waals surface area contributed by atoms with Gasteiger partial charge in [0.2, 0.25) is 5.78 Å². The first-order chi connectivity index (χ1) is 14.3. The zero-order chi connectivity index (χ0) is 21.0. The molecular weight excluding hydrogens is 426 g/mol. The first-order valence-electron chi connectivity index (χ1n) is 9.75. The summed E-state index contributed by atoms with van der Waals surface area (Å²) in [7, 11) is -3.00. The van der Waals surface area contributed by atoms with Gasteiger partial charge in [-0.2, -0.15) is 0 Å². The predicted octanol–water partition coefficient (Wildman–Crippen LogP) is 3.60. The van der Waals surface area contributed by atoms with E-state index in [0.29, 0.717) is 47.3 Å². The third-order valence-electron chi connectivity index (χ3n) is 5.87. The maximum absolute atomic E-state index is 13.1. The summed E-state index contributed by atoms with van der Waals surface area (Å²) in [6.45, 7) is 2.66. The van der Waals surface area contributed by atoms with Crippen molar-refractivity contribution in [2.45, 2.75) is 25.9 Å². The molecule has 0 spiro atoms. The molecular formula is C22H20ClNO5S. The van der Waals surface area contributed by atoms with E-state index in [2.05, 4.69) is 0 Å². The molecule has 3 heterocycles. The summed E-state index contributed by atoms with van der Waals surface area (Å²) in [5.74, 6) is 1.54. The third-order valence-corrected chi connectivity index (χ3v) is 7.96. The van der Waals surface area contributed by atoms with Gasteiger partial charge in [-0.15, -0.1) is 0 Å². The Bertz CT molecular complexity index is 1200. The predicted molar refractivity (Wildman–Crippen MR) is 114 cm³/mol. The third kappa shape index (κ3) is 3.31. The molecule has 3 aliphatic rings. The van der Waals surface area contributed by atoms with E-state index >= 15 is 0 Å². The van der Waals surface area contributed by atoms with Crippen LogP contribution in [-0.4, -0.2) is 43.4 Å². The van der Waals surface area contributed by atoms with Crippen molar-refractivity contribution < 1.29 is 22.7 Å². The highest BCUT2D eigenvalue weighted by Gasteiger charge is 2.39. The van der Waals surface area contributed by atoms with Crippen LogP contribution in [0.25, 0.3) is 6.08 Å². The number of nitrogens with zero attached hydrogens (tertiary/aromatic N) is 1. The molecule has 0 saturated carbocycles. The molecule has 0 amide bonds. The van der Waals surface area contributed by atoms with Crippen molar-refractivity contribution >= 4 is 33.3 Å². The Labute approximate surface area is 180 Å². The average molecular weight is 446 g/mol. The Balaban J connectivity index is 1.51. The Hall–Kier alpha value is -2.35. The number of rotatable bonds is 2. The lowest BCUT2D eigenvalue weighted by Crippen LogP contribution is -2.41. The van der Waals surface area contributed by atoms with E-state index in [1.807, 2.05) is 36.1 Å². The van der Waals surface area contributed by atoms with Gasteiger partial charge in [0.1, 0.15) is 18.2 Å². The molecule has 2 aromatic rings. The van der Waals surface area contributed by atoms with Crippen molar-refractivity contribution in [3.8, 4) is 11.5 Å². The van der Waals surface area contributed by atoms with E-state index in [1.165, 1.54) is 0 Å². The van der Waals surface area contributed by atoms with Crippen molar-refractivity contribution in [1.29, 1.82) is 0 Å². The number of halogens is 1. The number of ketones is 1. The Morgan fingerprint density at radius 1 is 1.27 bits per heavy atom. The molecule has 6 nitrogen and oxygen atoms in total. The van der Waals surface area contributed by atoms with Gasteiger partial charge < -0.3 is 9.47 Å². The molecule has 0 aliphatic carbocycles. The summed E-state index contributed by atoms with van der Waals surface area (Å²) >= 11 is 6.24. The Morgan fingerprint density at radius 3 is 2.80 bits per heavy atom. The lowest BCUT2D eigenvalue weighted by atomic mass is 9.98. The first-order valence-corrected chi connectivity index (χ1v) is 11.9. The standard InChI is InChI=1S/C22H20ClNO5S/c1-13-8-18-16(10-24(12-28-18)15-6-7-30(26,27)11-15)22-20(13)21(25)19(29-22)9-14-4-2-3-5-17(14)23/h2-5,8-9,15H,6-7,10-12H2,1H3/b19-9-. The molecule has 1 atom stereocenters. The maximum Gasteiger partial charge on any atom is 0.232 e. The van der Waals surface area contributed by atoms with Crippen LogP contribution >= 0.6 is 11.6 Å². The highest BCUT2D eigenvalue weighted by Crippen LogP contribution is 2.44. The SMILES string of the molecule is Cc1cc2c(c3c1C(=O)/C(=C/c1ccccc1Cl)O3)CN(C1CCS(=O)(=O)C1)CO2. The fraction of sp³-hybridized carbons (Fsp3) is 0.318. The van der Waals surface area contributed by atoms with Crippen molar-refractivity contribution in [1.82, 2.24) is 4.90 Å². The second kappa shape index (κ2) is 7.11. The monoisotopic (exact) mass is 445 g/mol. The summed E-state index contributed by atoms with van der Waals surface area (Å²) in [6.07, 6.45) is 2.24. The van der Waals surface area contributed by atoms with Crippen LogP contribution in [-0.2, 0) is 16.4 Å². The summed E-state index contributed by atoms with van der Waals surface area (Å²) in [6, 6.07) is 9.02. The molecule has 0 bridgehead atoms. The lowest BCUT2D eigenvalue weighted by molar-refractivity contribution is 0.0633. The normalized spacial score (nSPS) is 23.7. The number of fused-ring (bicyclic) bond motifs is 3. The zero-order valence-electron chi connectivity index (χ0n) is 16.4. The second-order valence-electron chi connectivity index (χ2n) is 7.91. The van der Waals surface area contributed by atoms with Crippen molar-refractivity contribution in [2.24, 2.45) is 0 Å². The second-order valence-corrected chi connectivity index (χ2v) is 10.5. The average Bonchev–Trinajstić information content (AvgIpc) is 3.24. The molecule has 8 heteroatoms. The number of carbonyl (C=O) groups excluding carboxylic acids is 1. The van der Waals surface area contributed by atoms with Crippen molar-refractivity contribution in [3.05, 3.63) is 63.4 Å². The van der Waals surface area contributed by atoms with Gasteiger partial charge in [0.25, 0.3) is 0 Å². The number of hydrogen-bond acceptors (Lipinski definition) is 6. The van der Waals surface area contributed by atoms with Crippen LogP contribution in [0.2, 0.25) is 5.02 Å². The number of sulfone groups is 1. The van der Waals surface area contributed by atoms with E-state index in [9.17, 15) is 13.2 Å². The van der Waals surface area contributed by atoms with Crippen LogP contribution in [0.5, 0.6) is 11.5 Å². The van der Waals surface area contributed by atoms with Crippen LogP contribution < -0.4 is 9.47 Å². The molecule has 2 aromatic carbocycles. The van der Waals surface area contributed by atoms with Gasteiger partial charge in [0.05, 0.1) is 22.6 Å². The Kier molecular flexibility index (Phi) is 4.65. The van der Waals surface area contributed by atoms with E-state index in [1.54, 1.807) is 12.1 Å². The van der Waals surface area contributed by atoms with Crippen LogP contribution in [0, 0.1) is 6.92 Å². The maximum atomic E-state index is 13.1. The molecule has 1 unspecified atom stereocenters. The van der Waals surface area contributed by atoms with Crippen LogP contribution in [0.15, 0.2) is 36.1 Å². The number of benzene rings is 2. The highest BCUT2D eigenvalue weighted by atomic mass is 35.5. The van der Waals surface area contributed by atoms with Crippen LogP contribution in [0.1, 0.15) is 33.5 Å². The molecule has 5 rings (SSSR count). The fourth-order valence-corrected chi connectivity index (χ4v) is 6.23. The quantitative estimate of drug-likeness (QED) is 0.657. The van der Waals surface area contributed by atoms with Gasteiger partial charge in [0.15, 0.2) is 15.6 Å². The van der Waals surface area contributed by atoms with Crippen LogP contribution in [0.4, 0.5) is 0 Å². The summed E-state index contributed by atoms with van der Waals surface area (Å²) in [5, 5.41) is 0.535. The molecule has 156 valence electrons. The Morgan fingerprint density at radius 2 is 2.07 bits per heavy atom. The molecule has 30 heavy (non-hydrogen) atoms. The highest BCUT2D eigenvalue weighted by molar-refractivity contribution is 7.91. The van der Waals surface area contributed by atoms with E-state index in [-0.39, 0.29) is 29.1 Å². The number of aryl methyl sites for hydroxylation is 1. The zero-order valence-corrected chi connectivity index (χ0v) is 17.9. The largest absolute Gasteiger partial charge is 0.478 e. The lowest BCUT2D eigenvalue weighted by Gasteiger charge is -2.33. The molecule has 1 saturated heterocycles. The van der Waals surface area contributed by atoms with Crippen LogP contribution in [0.3, 0.4) is 0 Å². The summed E-state index contributed by atoms with van der Waals surface area (Å²) in [5.41, 5.74) is 2.79. The number of ether oxygens (including phenoxy) is 2. The smallest absolute Gasteiger partial charge is 0.232 e. The van der Waals surface area contributed by atoms with Gasteiger partial charge >= 0.3 is 0 Å². The van der Waals surface area contributed by atoms with E-state index < -0.39 is 9.84 Å². The molecule has 0 N–H and O–H groups in total. The number of carbonyl (C=O) groups is 1. The number of Topliss-reactive ketones (excluding diaryl/α,β-unsaturated/α-hetero) is 1. The van der Waals surface area contributed by atoms with E-state index in [0.717, 1.165) is 11.1 Å². The minimum atomic E-state index is -3.00. The number of allylic oxidation sites excluding steroid dienone is 1. The minimum Gasteiger partial charge on any atom is -0.478 e. The minimum absolute atomic E-state index is 0.0876. The fourth-order valence-electron chi connectivity index (χ4n) is 4.28. The molecule has 1 fully saturated rings. The summed E-state index contributed by atoms with van der Waals surface area (Å²) < 4.78 is 35.8. The number of hydrogen-bond donors (Lipinski definition) is 0. The topological polar surface area (TPSA) is 72.9 Å². The van der Waals surface area contributed by atoms with E-state index in [4.69, 9.17) is 21.1 Å². The van der Waals surface area contributed by atoms with Gasteiger partial charge in [0, 0.05) is 17.6 Å². The molecule has 3 aliphatic heterocycles. The van der Waals surface area contributed by atoms with Crippen molar-refractivity contribution in [3.63, 3.8) is 0 Å². The summed E-state index contributed by atoms with van der Waals surface area (Å²) in [4.78, 5) is 15.1. The van der Waals surface area contributed by atoms with Crippen molar-refractivity contribution in [2.75, 3.05) is 18.2 Å².